The van der Waals surface area contributed by atoms with E-state index in [0.29, 0.717) is 23.4 Å². The Morgan fingerprint density at radius 3 is 2.27 bits per heavy atom. The molecule has 0 bridgehead atoms. The fourth-order valence-corrected chi connectivity index (χ4v) is 4.08. The highest BCUT2D eigenvalue weighted by Crippen LogP contribution is 2.28. The molecular weight excluding hydrogens is 432 g/mol. The van der Waals surface area contributed by atoms with Crippen LogP contribution in [-0.4, -0.2) is 22.8 Å². The predicted octanol–water partition coefficient (Wildman–Crippen LogP) is 6.05. The van der Waals surface area contributed by atoms with E-state index in [-0.39, 0.29) is 22.8 Å². The van der Waals surface area contributed by atoms with Crippen molar-refractivity contribution in [3.63, 3.8) is 0 Å². The van der Waals surface area contributed by atoms with E-state index in [4.69, 9.17) is 0 Å². The van der Waals surface area contributed by atoms with Crippen LogP contribution < -0.4 is 10.6 Å². The second-order valence-corrected chi connectivity index (χ2v) is 8.67. The van der Waals surface area contributed by atoms with Crippen molar-refractivity contribution in [2.75, 3.05) is 10.6 Å². The summed E-state index contributed by atoms with van der Waals surface area (Å²) >= 11 is 1.44. The molecule has 2 amide bonds. The molecule has 0 saturated heterocycles. The van der Waals surface area contributed by atoms with Crippen LogP contribution in [0.15, 0.2) is 89.8 Å². The summed E-state index contributed by atoms with van der Waals surface area (Å²) in [6.45, 7) is 3.46. The number of anilines is 2. The molecule has 3 aromatic rings. The van der Waals surface area contributed by atoms with Crippen LogP contribution in [0.25, 0.3) is 6.08 Å². The SMILES string of the molecule is CCC(Sc1cccc(NC(=O)/C=C/c2ccccc2)c1)C(=O)Nc1ccc(C(C)=O)cc1. The van der Waals surface area contributed by atoms with Gasteiger partial charge in [-0.1, -0.05) is 43.3 Å². The molecule has 0 aliphatic carbocycles. The normalized spacial score (nSPS) is 11.7. The Morgan fingerprint density at radius 1 is 0.879 bits per heavy atom. The van der Waals surface area contributed by atoms with Crippen LogP contribution in [0.3, 0.4) is 0 Å². The minimum atomic E-state index is -0.304. The maximum atomic E-state index is 12.8. The summed E-state index contributed by atoms with van der Waals surface area (Å²) in [4.78, 5) is 37.3. The van der Waals surface area contributed by atoms with Gasteiger partial charge in [-0.25, -0.2) is 0 Å². The molecule has 1 atom stereocenters. The fourth-order valence-electron chi connectivity index (χ4n) is 3.06. The third-order valence-electron chi connectivity index (χ3n) is 4.83. The molecule has 0 spiro atoms. The number of carbonyl (C=O) groups is 3. The van der Waals surface area contributed by atoms with E-state index >= 15 is 0 Å². The lowest BCUT2D eigenvalue weighted by atomic mass is 10.1. The van der Waals surface area contributed by atoms with Crippen LogP contribution in [0.4, 0.5) is 11.4 Å². The molecule has 6 heteroatoms. The zero-order valence-electron chi connectivity index (χ0n) is 18.6. The van der Waals surface area contributed by atoms with E-state index in [1.54, 1.807) is 30.3 Å². The minimum absolute atomic E-state index is 0.0163. The van der Waals surface area contributed by atoms with Gasteiger partial charge in [0.05, 0.1) is 5.25 Å². The quantitative estimate of drug-likeness (QED) is 0.232. The maximum Gasteiger partial charge on any atom is 0.248 e. The van der Waals surface area contributed by atoms with Crippen LogP contribution in [0, 0.1) is 0 Å². The number of thioether (sulfide) groups is 1. The molecule has 3 rings (SSSR count). The van der Waals surface area contributed by atoms with Crippen molar-refractivity contribution in [3.05, 3.63) is 96.1 Å². The second kappa shape index (κ2) is 11.8. The number of Topliss-reactive ketones (excluding diaryl/α,β-unsaturated/α-hetero) is 1. The Kier molecular flexibility index (Phi) is 8.61. The predicted molar refractivity (Wildman–Crippen MR) is 136 cm³/mol. The highest BCUT2D eigenvalue weighted by molar-refractivity contribution is 8.00. The molecule has 1 unspecified atom stereocenters. The van der Waals surface area contributed by atoms with Gasteiger partial charge in [-0.2, -0.15) is 0 Å². The zero-order valence-corrected chi connectivity index (χ0v) is 19.4. The van der Waals surface area contributed by atoms with E-state index in [1.165, 1.54) is 24.8 Å². The number of amides is 2. The topological polar surface area (TPSA) is 75.3 Å². The molecule has 33 heavy (non-hydrogen) atoms. The molecule has 5 nitrogen and oxygen atoms in total. The van der Waals surface area contributed by atoms with E-state index < -0.39 is 0 Å². The highest BCUT2D eigenvalue weighted by Gasteiger charge is 2.18. The van der Waals surface area contributed by atoms with Crippen LogP contribution in [0.5, 0.6) is 0 Å². The van der Waals surface area contributed by atoms with Gasteiger partial charge in [0.1, 0.15) is 0 Å². The molecule has 168 valence electrons. The molecule has 0 radical (unpaired) electrons. The monoisotopic (exact) mass is 458 g/mol. The van der Waals surface area contributed by atoms with Crippen molar-refractivity contribution >= 4 is 46.8 Å². The van der Waals surface area contributed by atoms with Crippen LogP contribution in [0.2, 0.25) is 0 Å². The van der Waals surface area contributed by atoms with Crippen LogP contribution >= 0.6 is 11.8 Å². The third kappa shape index (κ3) is 7.47. The number of ketones is 1. The van der Waals surface area contributed by atoms with Gasteiger partial charge in [0.25, 0.3) is 0 Å². The van der Waals surface area contributed by atoms with Gasteiger partial charge in [0, 0.05) is 27.9 Å². The molecule has 3 aromatic carbocycles. The second-order valence-electron chi connectivity index (χ2n) is 7.40. The van der Waals surface area contributed by atoms with E-state index in [2.05, 4.69) is 10.6 Å². The molecular formula is C27H26N2O3S. The lowest BCUT2D eigenvalue weighted by Gasteiger charge is -2.15. The molecule has 0 saturated carbocycles. The Hall–Kier alpha value is -3.64. The minimum Gasteiger partial charge on any atom is -0.325 e. The number of nitrogens with one attached hydrogen (secondary N) is 2. The van der Waals surface area contributed by atoms with Crippen LogP contribution in [-0.2, 0) is 9.59 Å². The van der Waals surface area contributed by atoms with E-state index in [9.17, 15) is 14.4 Å². The Bertz CT molecular complexity index is 1140. The summed E-state index contributed by atoms with van der Waals surface area (Å²) in [5.74, 6) is -0.351. The fraction of sp³-hybridized carbons (Fsp3) is 0.148. The smallest absolute Gasteiger partial charge is 0.248 e. The molecule has 0 fully saturated rings. The summed E-state index contributed by atoms with van der Waals surface area (Å²) in [5, 5.41) is 5.46. The average Bonchev–Trinajstić information content (AvgIpc) is 2.82. The first-order valence-electron chi connectivity index (χ1n) is 10.7. The summed E-state index contributed by atoms with van der Waals surface area (Å²) in [6.07, 6.45) is 3.89. The first-order valence-corrected chi connectivity index (χ1v) is 11.5. The lowest BCUT2D eigenvalue weighted by molar-refractivity contribution is -0.115. The van der Waals surface area contributed by atoms with Crippen LogP contribution in [0.1, 0.15) is 36.2 Å². The standard InChI is InChI=1S/C27H26N2O3S/c1-3-25(27(32)29-22-15-13-21(14-16-22)19(2)30)33-24-11-7-10-23(18-24)28-26(31)17-12-20-8-5-4-6-9-20/h4-18,25H,3H2,1-2H3,(H,28,31)(H,29,32)/b17-12+. The number of rotatable bonds is 9. The van der Waals surface area contributed by atoms with Gasteiger partial charge in [0.2, 0.25) is 11.8 Å². The molecule has 0 heterocycles. The zero-order chi connectivity index (χ0) is 23.6. The average molecular weight is 459 g/mol. The molecule has 0 aliphatic rings. The van der Waals surface area contributed by atoms with Crippen molar-refractivity contribution in [3.8, 4) is 0 Å². The first kappa shape index (κ1) is 24.0. The molecule has 2 N–H and O–H groups in total. The van der Waals surface area contributed by atoms with Crippen molar-refractivity contribution in [2.24, 2.45) is 0 Å². The largest absolute Gasteiger partial charge is 0.325 e. The number of benzene rings is 3. The first-order chi connectivity index (χ1) is 15.9. The van der Waals surface area contributed by atoms with Crippen molar-refractivity contribution < 1.29 is 14.4 Å². The van der Waals surface area contributed by atoms with Gasteiger partial charge in [0.15, 0.2) is 5.78 Å². The lowest BCUT2D eigenvalue weighted by Crippen LogP contribution is -2.24. The van der Waals surface area contributed by atoms with Gasteiger partial charge < -0.3 is 10.6 Å². The number of carbonyl (C=O) groups excluding carboxylic acids is 3. The summed E-state index contributed by atoms with van der Waals surface area (Å²) in [6, 6.07) is 23.9. The Labute approximate surface area is 198 Å². The van der Waals surface area contributed by atoms with Gasteiger partial charge in [-0.3, -0.25) is 14.4 Å². The van der Waals surface area contributed by atoms with E-state index in [1.807, 2.05) is 61.5 Å². The molecule has 0 aliphatic heterocycles. The molecule has 0 aromatic heterocycles. The summed E-state index contributed by atoms with van der Waals surface area (Å²) in [5.41, 5.74) is 2.87. The maximum absolute atomic E-state index is 12.8. The highest BCUT2D eigenvalue weighted by atomic mass is 32.2. The Balaban J connectivity index is 1.60. The van der Waals surface area contributed by atoms with Crippen molar-refractivity contribution in [1.29, 1.82) is 0 Å². The van der Waals surface area contributed by atoms with Gasteiger partial charge in [-0.05, 0) is 67.4 Å². The number of hydrogen-bond donors (Lipinski definition) is 2. The van der Waals surface area contributed by atoms with E-state index in [0.717, 1.165) is 10.5 Å². The summed E-state index contributed by atoms with van der Waals surface area (Å²) < 4.78 is 0. The van der Waals surface area contributed by atoms with Gasteiger partial charge >= 0.3 is 0 Å². The van der Waals surface area contributed by atoms with Gasteiger partial charge in [-0.15, -0.1) is 11.8 Å². The number of hydrogen-bond acceptors (Lipinski definition) is 4. The summed E-state index contributed by atoms with van der Waals surface area (Å²) in [7, 11) is 0. The van der Waals surface area contributed by atoms with Crippen molar-refractivity contribution in [2.45, 2.75) is 30.4 Å². The Morgan fingerprint density at radius 2 is 1.61 bits per heavy atom. The third-order valence-corrected chi connectivity index (χ3v) is 6.19. The van der Waals surface area contributed by atoms with Crippen molar-refractivity contribution in [1.82, 2.24) is 0 Å².